The summed E-state index contributed by atoms with van der Waals surface area (Å²) in [5.74, 6) is 1.92. The number of hydrogen-bond acceptors (Lipinski definition) is 6. The highest BCUT2D eigenvalue weighted by atomic mass is 16.3. The lowest BCUT2D eigenvalue weighted by atomic mass is 9.60. The maximum atomic E-state index is 10.8. The van der Waals surface area contributed by atoms with Crippen molar-refractivity contribution in [3.63, 3.8) is 0 Å². The number of allylic oxidation sites excluding steroid dienone is 3. The molecule has 3 unspecified atom stereocenters. The largest absolute Gasteiger partial charge is 0.392 e. The topological polar surface area (TPSA) is 104 Å². The zero-order valence-electron chi connectivity index (χ0n) is 22.8. The molecule has 0 aromatic carbocycles. The Morgan fingerprint density at radius 2 is 1.94 bits per heavy atom. The smallest absolute Gasteiger partial charge is 0.162 e. The van der Waals surface area contributed by atoms with Gasteiger partial charge < -0.3 is 15.3 Å². The van der Waals surface area contributed by atoms with Gasteiger partial charge in [-0.2, -0.15) is 4.80 Å². The number of tetrazole rings is 1. The van der Waals surface area contributed by atoms with Gasteiger partial charge in [-0.1, -0.05) is 50.0 Å². The molecule has 7 heteroatoms. The zero-order chi connectivity index (χ0) is 25.9. The number of aromatic nitrogens is 4. The Balaban J connectivity index is 1.36. The predicted octanol–water partition coefficient (Wildman–Crippen LogP) is 4.84. The van der Waals surface area contributed by atoms with E-state index in [9.17, 15) is 15.3 Å². The van der Waals surface area contributed by atoms with Gasteiger partial charge in [-0.05, 0) is 100 Å². The van der Waals surface area contributed by atoms with Crippen LogP contribution in [-0.2, 0) is 6.54 Å². The normalized spacial score (nSPS) is 36.4. The van der Waals surface area contributed by atoms with Crippen molar-refractivity contribution in [2.45, 2.75) is 123 Å². The summed E-state index contributed by atoms with van der Waals surface area (Å²) in [5.41, 5.74) is 2.53. The number of hydrogen-bond donors (Lipinski definition) is 3. The van der Waals surface area contributed by atoms with E-state index >= 15 is 0 Å². The lowest BCUT2D eigenvalue weighted by Crippen LogP contribution is -2.38. The van der Waals surface area contributed by atoms with Gasteiger partial charge in [0.25, 0.3) is 0 Å². The van der Waals surface area contributed by atoms with E-state index in [0.29, 0.717) is 43.1 Å². The molecule has 3 saturated carbocycles. The Labute approximate surface area is 217 Å². The number of aliphatic hydroxyl groups is 3. The average molecular weight is 501 g/mol. The number of rotatable bonds is 9. The van der Waals surface area contributed by atoms with E-state index in [2.05, 4.69) is 41.4 Å². The van der Waals surface area contributed by atoms with Crippen LogP contribution in [0.2, 0.25) is 0 Å². The second-order valence-corrected chi connectivity index (χ2v) is 12.9. The number of nitrogens with zero attached hydrogens (tertiary/aromatic N) is 4. The van der Waals surface area contributed by atoms with E-state index in [4.69, 9.17) is 0 Å². The van der Waals surface area contributed by atoms with Gasteiger partial charge in [-0.15, -0.1) is 10.2 Å². The standard InChI is InChI=1S/C29H48N4O3/c1-20(7-5-14-28(2,3)36)24-11-12-25-22(8-6-15-29(24,25)4)10-9-21-17-26(34)23(27(35)18-21)13-16-33-31-19-30-32-33/h9-10,19-20,23-27,34-36H,5-8,11-18H2,1-4H3/b21-9?,22-10+/t20-,23?,24-,25?,26-,27?,29-/m1/s1. The first-order valence-corrected chi connectivity index (χ1v) is 14.2. The molecule has 7 nitrogen and oxygen atoms in total. The van der Waals surface area contributed by atoms with Gasteiger partial charge in [-0.3, -0.25) is 0 Å². The Kier molecular flexibility index (Phi) is 8.73. The Morgan fingerprint density at radius 1 is 1.19 bits per heavy atom. The van der Waals surface area contributed by atoms with E-state index in [0.717, 1.165) is 24.3 Å². The van der Waals surface area contributed by atoms with E-state index in [1.165, 1.54) is 49.6 Å². The summed E-state index contributed by atoms with van der Waals surface area (Å²) in [5, 5.41) is 43.3. The van der Waals surface area contributed by atoms with Gasteiger partial charge in [0.05, 0.1) is 24.4 Å². The van der Waals surface area contributed by atoms with E-state index in [1.807, 2.05) is 13.8 Å². The highest BCUT2D eigenvalue weighted by Gasteiger charge is 2.50. The first-order valence-electron chi connectivity index (χ1n) is 14.2. The minimum absolute atomic E-state index is 0.160. The molecule has 0 aliphatic heterocycles. The summed E-state index contributed by atoms with van der Waals surface area (Å²) in [4.78, 5) is 1.51. The molecule has 0 spiro atoms. The Hall–Kier alpha value is -1.57. The van der Waals surface area contributed by atoms with Crippen LogP contribution in [0.15, 0.2) is 29.6 Å². The molecular weight excluding hydrogens is 452 g/mol. The zero-order valence-corrected chi connectivity index (χ0v) is 22.8. The SMILES string of the molecule is C[C@H](CCCC(C)(C)O)[C@H]1CCC2/C(=C/C=C3CC(O)C(CCn4ncnn4)[C@H](O)C3)CCC[C@@]21C. The van der Waals surface area contributed by atoms with Crippen LogP contribution in [0.4, 0.5) is 0 Å². The number of aryl methyl sites for hydroxylation is 1. The summed E-state index contributed by atoms with van der Waals surface area (Å²) >= 11 is 0. The van der Waals surface area contributed by atoms with Gasteiger partial charge in [0, 0.05) is 5.92 Å². The molecule has 36 heavy (non-hydrogen) atoms. The molecule has 1 aromatic rings. The predicted molar refractivity (Wildman–Crippen MR) is 141 cm³/mol. The van der Waals surface area contributed by atoms with Crippen LogP contribution in [0, 0.1) is 29.1 Å². The fraction of sp³-hybridized carbons (Fsp3) is 0.828. The molecule has 0 bridgehead atoms. The molecule has 0 amide bonds. The molecule has 0 saturated heterocycles. The molecular formula is C29H48N4O3. The van der Waals surface area contributed by atoms with E-state index < -0.39 is 17.8 Å². The van der Waals surface area contributed by atoms with Crippen molar-refractivity contribution < 1.29 is 15.3 Å². The van der Waals surface area contributed by atoms with Crippen molar-refractivity contribution in [1.29, 1.82) is 0 Å². The fourth-order valence-electron chi connectivity index (χ4n) is 7.75. The minimum Gasteiger partial charge on any atom is -0.392 e. The van der Waals surface area contributed by atoms with Gasteiger partial charge in [0.1, 0.15) is 0 Å². The summed E-state index contributed by atoms with van der Waals surface area (Å²) in [6, 6.07) is 0. The van der Waals surface area contributed by atoms with Crippen molar-refractivity contribution in [3.8, 4) is 0 Å². The maximum Gasteiger partial charge on any atom is 0.162 e. The molecule has 4 rings (SSSR count). The molecule has 0 radical (unpaired) electrons. The summed E-state index contributed by atoms with van der Waals surface area (Å²) in [7, 11) is 0. The second-order valence-electron chi connectivity index (χ2n) is 12.9. The summed E-state index contributed by atoms with van der Waals surface area (Å²) < 4.78 is 0. The van der Waals surface area contributed by atoms with Crippen LogP contribution in [0.5, 0.6) is 0 Å². The third kappa shape index (κ3) is 6.46. The lowest BCUT2D eigenvalue weighted by Gasteiger charge is -2.44. The molecule has 3 aliphatic rings. The minimum atomic E-state index is -0.565. The molecule has 202 valence electrons. The van der Waals surface area contributed by atoms with Crippen molar-refractivity contribution in [2.24, 2.45) is 29.1 Å². The average Bonchev–Trinajstić information content (AvgIpc) is 3.43. The van der Waals surface area contributed by atoms with Crippen molar-refractivity contribution in [3.05, 3.63) is 29.6 Å². The Bertz CT molecular complexity index is 892. The summed E-state index contributed by atoms with van der Waals surface area (Å²) in [6.45, 7) is 9.35. The van der Waals surface area contributed by atoms with Crippen LogP contribution in [-0.4, -0.2) is 53.3 Å². The Morgan fingerprint density at radius 3 is 2.61 bits per heavy atom. The van der Waals surface area contributed by atoms with Crippen molar-refractivity contribution in [2.75, 3.05) is 0 Å². The first-order chi connectivity index (χ1) is 17.1. The molecule has 1 aromatic heterocycles. The number of fused-ring (bicyclic) bond motifs is 1. The van der Waals surface area contributed by atoms with Crippen LogP contribution < -0.4 is 0 Å². The van der Waals surface area contributed by atoms with E-state index in [-0.39, 0.29) is 5.92 Å². The van der Waals surface area contributed by atoms with Crippen molar-refractivity contribution >= 4 is 0 Å². The van der Waals surface area contributed by atoms with Gasteiger partial charge in [-0.25, -0.2) is 0 Å². The molecule has 1 heterocycles. The lowest BCUT2D eigenvalue weighted by molar-refractivity contribution is -0.0121. The first kappa shape index (κ1) is 27.5. The third-order valence-corrected chi connectivity index (χ3v) is 9.69. The monoisotopic (exact) mass is 500 g/mol. The van der Waals surface area contributed by atoms with Gasteiger partial charge >= 0.3 is 0 Å². The maximum absolute atomic E-state index is 10.8. The van der Waals surface area contributed by atoms with Crippen LogP contribution in [0.25, 0.3) is 0 Å². The van der Waals surface area contributed by atoms with Crippen molar-refractivity contribution in [1.82, 2.24) is 20.2 Å². The fourth-order valence-corrected chi connectivity index (χ4v) is 7.75. The summed E-state index contributed by atoms with van der Waals surface area (Å²) in [6.07, 6.45) is 16.2. The van der Waals surface area contributed by atoms with Crippen LogP contribution in [0.3, 0.4) is 0 Å². The molecule has 3 aliphatic carbocycles. The van der Waals surface area contributed by atoms with Crippen LogP contribution in [0.1, 0.15) is 98.3 Å². The molecule has 3 N–H and O–H groups in total. The quantitative estimate of drug-likeness (QED) is 0.448. The van der Waals surface area contributed by atoms with Crippen LogP contribution >= 0.6 is 0 Å². The van der Waals surface area contributed by atoms with E-state index in [1.54, 1.807) is 5.57 Å². The van der Waals surface area contributed by atoms with Gasteiger partial charge in [0.15, 0.2) is 6.33 Å². The highest BCUT2D eigenvalue weighted by molar-refractivity contribution is 5.26. The van der Waals surface area contributed by atoms with Gasteiger partial charge in [0.2, 0.25) is 0 Å². The molecule has 7 atom stereocenters. The number of aliphatic hydroxyl groups excluding tert-OH is 2. The highest BCUT2D eigenvalue weighted by Crippen LogP contribution is 2.60. The molecule has 3 fully saturated rings. The third-order valence-electron chi connectivity index (χ3n) is 9.69. The second kappa shape index (κ2) is 11.4.